The van der Waals surface area contributed by atoms with E-state index in [1.807, 2.05) is 0 Å². The molecule has 37 nitrogen and oxygen atoms in total. The van der Waals surface area contributed by atoms with Crippen LogP contribution in [-0.4, -0.2) is 172 Å². The molecule has 12 N–H and O–H groups in total. The van der Waals surface area contributed by atoms with Gasteiger partial charge in [0.2, 0.25) is 5.43 Å². The number of rotatable bonds is 20. The summed E-state index contributed by atoms with van der Waals surface area (Å²) in [5.74, 6) is 2.80. The summed E-state index contributed by atoms with van der Waals surface area (Å²) in [5, 5.41) is 21.7. The number of nitro groups is 1. The van der Waals surface area contributed by atoms with Crippen molar-refractivity contribution in [2.75, 3.05) is 96.2 Å². The minimum absolute atomic E-state index is 0.0000898. The van der Waals surface area contributed by atoms with Gasteiger partial charge in [0.15, 0.2) is 23.1 Å². The monoisotopic (exact) mass is 1770 g/mol. The number of fused-ring (bicyclic) bond motifs is 1. The Morgan fingerprint density at radius 3 is 1.49 bits per heavy atom. The second-order valence-corrected chi connectivity index (χ2v) is 25.7. The Kier molecular flexibility index (Phi) is 38.8. The Balaban J connectivity index is 0.000000254. The second-order valence-electron chi connectivity index (χ2n) is 23.6. The molecule has 0 spiro atoms. The third-order valence-electron chi connectivity index (χ3n) is 16.2. The van der Waals surface area contributed by atoms with E-state index in [-0.39, 0.29) is 123 Å². The lowest BCUT2D eigenvalue weighted by molar-refractivity contribution is -0.384. The van der Waals surface area contributed by atoms with Crippen molar-refractivity contribution in [2.45, 2.75) is 48.0 Å². The van der Waals surface area contributed by atoms with Gasteiger partial charge in [0.25, 0.3) is 17.5 Å². The van der Waals surface area contributed by atoms with Crippen molar-refractivity contribution >= 4 is 196 Å². The highest BCUT2D eigenvalue weighted by atomic mass is 35.5. The number of anilines is 4. The molecule has 9 aromatic rings. The van der Waals surface area contributed by atoms with E-state index in [9.17, 15) is 77.2 Å². The van der Waals surface area contributed by atoms with E-state index in [1.54, 1.807) is 84.0 Å². The molecule has 0 atom stereocenters. The number of carbonyl (C=O) groups is 13. The van der Waals surface area contributed by atoms with Crippen molar-refractivity contribution in [1.82, 2.24) is 25.8 Å². The fourth-order valence-electron chi connectivity index (χ4n) is 10.6. The van der Waals surface area contributed by atoms with Crippen molar-refractivity contribution in [3.63, 3.8) is 0 Å². The molecule has 0 fully saturated rings. The number of methoxy groups -OCH3 is 4. The number of nitrogen functional groups attached to an aromatic ring is 3. The van der Waals surface area contributed by atoms with Crippen LogP contribution in [0.4, 0.5) is 28.4 Å². The van der Waals surface area contributed by atoms with Crippen LogP contribution in [0.5, 0.6) is 0 Å². The molecule has 0 radical (unpaired) electrons. The average Bonchev–Trinajstić information content (AvgIpc) is 0.759. The lowest BCUT2D eigenvalue weighted by Gasteiger charge is -2.20. The zero-order valence-corrected chi connectivity index (χ0v) is 69.7. The van der Waals surface area contributed by atoms with Crippen LogP contribution in [0, 0.1) is 16.0 Å². The quantitative estimate of drug-likeness (QED) is 0.00327. The maximum atomic E-state index is 12.5. The number of aromatic nitrogens is 3. The van der Waals surface area contributed by atoms with Gasteiger partial charge in [-0.2, -0.15) is 0 Å². The largest absolute Gasteiger partial charge is 0.465 e. The first kappa shape index (κ1) is 98.1. The van der Waals surface area contributed by atoms with Gasteiger partial charge in [-0.05, 0) is 120 Å². The first-order valence-corrected chi connectivity index (χ1v) is 37.4. The maximum absolute atomic E-state index is 12.5. The van der Waals surface area contributed by atoms with E-state index < -0.39 is 81.8 Å². The highest BCUT2D eigenvalue weighted by molar-refractivity contribution is 6.38. The van der Waals surface area contributed by atoms with Crippen LogP contribution in [0.15, 0.2) is 132 Å². The molecule has 0 unspecified atom stereocenters. The molecule has 2 amide bonds. The molecule has 640 valence electrons. The van der Waals surface area contributed by atoms with E-state index in [2.05, 4.69) is 60.7 Å². The number of esters is 9. The van der Waals surface area contributed by atoms with Crippen LogP contribution >= 0.6 is 58.0 Å². The number of hydrogen-bond acceptors (Lipinski definition) is 33. The molecule has 0 saturated heterocycles. The molecule has 3 aromatic heterocycles. The zero-order valence-electron chi connectivity index (χ0n) is 66.0. The Bertz CT molecular complexity index is 5520. The summed E-state index contributed by atoms with van der Waals surface area (Å²) in [7, 11) is 4.96. The Labute approximate surface area is 712 Å². The number of nitrogens with one attached hydrogen (secondary N) is 6. The predicted molar refractivity (Wildman–Crippen MR) is 446 cm³/mol. The molecule has 2 aliphatic rings. The number of H-pyrrole nitrogens is 1. The summed E-state index contributed by atoms with van der Waals surface area (Å²) in [5.41, 5.74) is 13.9. The van der Waals surface area contributed by atoms with Gasteiger partial charge < -0.3 is 69.3 Å². The predicted octanol–water partition coefficient (Wildman–Crippen LogP) is 11.1. The van der Waals surface area contributed by atoms with Crippen LogP contribution < -0.4 is 49.6 Å². The molecule has 0 saturated carbocycles. The fourth-order valence-corrected chi connectivity index (χ4v) is 11.5. The van der Waals surface area contributed by atoms with Crippen LogP contribution in [0.1, 0.15) is 141 Å². The number of benzene rings is 6. The summed E-state index contributed by atoms with van der Waals surface area (Å²) in [4.78, 5) is 183. The topological polar surface area (TPSA) is 545 Å². The van der Waals surface area contributed by atoms with E-state index >= 15 is 0 Å². The number of pyridine rings is 3. The van der Waals surface area contributed by atoms with Crippen LogP contribution in [0.3, 0.4) is 0 Å². The number of ketones is 2. The number of nitrogens with zero attached hydrogens (tertiary/aromatic N) is 3. The third kappa shape index (κ3) is 25.8. The number of hydrazine groups is 2. The first-order valence-electron chi connectivity index (χ1n) is 35.5. The summed E-state index contributed by atoms with van der Waals surface area (Å²) in [6, 6.07) is 24.1. The Morgan fingerprint density at radius 2 is 0.992 bits per heavy atom. The fraction of sp³-hybridized carbons (Fsp3) is 0.241. The number of nitrogens with two attached hydrogens (primary N) is 3. The second kappa shape index (κ2) is 47.8. The van der Waals surface area contributed by atoms with E-state index in [0.29, 0.717) is 83.3 Å². The van der Waals surface area contributed by atoms with Gasteiger partial charge in [-0.25, -0.2) is 45.2 Å². The molecule has 42 heteroatoms. The van der Waals surface area contributed by atoms with Gasteiger partial charge in [0, 0.05) is 52.8 Å². The highest BCUT2D eigenvalue weighted by Gasteiger charge is 2.30. The number of nitro benzene ring substituents is 1. The molecule has 5 heterocycles. The number of aromatic amines is 1. The van der Waals surface area contributed by atoms with Crippen molar-refractivity contribution in [2.24, 2.45) is 17.6 Å². The Morgan fingerprint density at radius 1 is 0.521 bits per heavy atom. The van der Waals surface area contributed by atoms with Gasteiger partial charge in [-0.3, -0.25) is 64.5 Å². The zero-order chi connectivity index (χ0) is 90.1. The molecule has 121 heavy (non-hydrogen) atoms. The highest BCUT2D eigenvalue weighted by Crippen LogP contribution is 2.37. The molecule has 11 rings (SSSR count). The number of amides is 2. The summed E-state index contributed by atoms with van der Waals surface area (Å²) < 4.78 is 42.0. The number of halogens is 5. The van der Waals surface area contributed by atoms with Crippen molar-refractivity contribution in [3.05, 3.63) is 223 Å². The average molecular weight is 1770 g/mol. The normalized spacial score (nSPS) is 10.9. The van der Waals surface area contributed by atoms with Gasteiger partial charge >= 0.3 is 53.7 Å². The number of carbonyl (C=O) groups excluding carboxylic acids is 13. The van der Waals surface area contributed by atoms with Crippen molar-refractivity contribution in [3.8, 4) is 0 Å². The van der Waals surface area contributed by atoms with Crippen LogP contribution in [0.25, 0.3) is 32.7 Å². The minimum atomic E-state index is -0.830. The summed E-state index contributed by atoms with van der Waals surface area (Å²) >= 11 is 29.3. The van der Waals surface area contributed by atoms with Crippen LogP contribution in [0.2, 0.25) is 25.1 Å². The third-order valence-corrected chi connectivity index (χ3v) is 17.9. The standard InChI is InChI=1S/C16H18ClNO6.C14H12ClNO5.C12H9ClN4O2.C12H10N4O2.C9H16O4.C8H6ClNO4.C8H8ClNO2/c1-4-23-15(20)11(16(21)24-5-2)9-18-13-8-10(14(19)22-3)6-7-12(13)17;1-3-21-14(19)8-6-16-11-9(15)5-4-7(13(18)20-2)10(11)12(8)17;13-7-2-1-5-8(18)4-16-10-6(12(19)17-14)3-15-11(7)9(5)10;13-16-12(18)7-4-14-8-3-1-2-6-9(17)5-15-11(7)10(6)8;1-4-7(8(10)12-5-2)9(11)13-6-3;1-14-8(11)5-2-3-6(9)7(4-5)10(12)13;1-12-8(11)5-2-3-6(9)7(10)4-5/h6-9,18H,4-5H2,1-3H3;4-6H,3H2,1-2H3,(H,16,17);1-3,16H,4,14H2,(H,17,19);1-4,15H,5,13H2,(H,16,18);7H,4-6H2,1-3H3;2-4H,1H3;2-4H,10H2,1H3. The molecule has 0 bridgehead atoms. The van der Waals surface area contributed by atoms with Gasteiger partial charge in [-0.1, -0.05) is 77.1 Å². The lowest BCUT2D eigenvalue weighted by atomic mass is 9.97. The summed E-state index contributed by atoms with van der Waals surface area (Å²) in [6.45, 7) is 11.2. The van der Waals surface area contributed by atoms with Crippen molar-refractivity contribution < 1.29 is 110 Å². The van der Waals surface area contributed by atoms with E-state index in [0.717, 1.165) is 12.3 Å². The van der Waals surface area contributed by atoms with Crippen LogP contribution in [-0.2, 0) is 61.8 Å². The SMILES string of the molecule is CCOC(=O)C(=CNc1cc(C(=O)OC)ccc1Cl)C(=O)OCC.CCOC(=O)C(CC)C(=O)OCC.CCOC(=O)c1c[nH]c2c(Cl)ccc(C(=O)OC)c2c1=O.COC(=O)c1ccc(Cl)c(N)c1.COC(=O)c1ccc(Cl)c([N+](=O)[O-])c1.NNC(=O)c1cnc2c(Cl)ccc3c2c1NCC3=O.NNC(=O)c1cnc2cccc3c2c1NCC3=O. The smallest absolute Gasteiger partial charge is 0.347 e. The molecular weight excluding hydrogens is 1690 g/mol. The lowest BCUT2D eigenvalue weighted by Crippen LogP contribution is -2.32. The number of ether oxygens (including phenoxy) is 9. The minimum Gasteiger partial charge on any atom is -0.465 e. The van der Waals surface area contributed by atoms with E-state index in [1.165, 1.54) is 95.6 Å². The maximum Gasteiger partial charge on any atom is 0.347 e. The first-order chi connectivity index (χ1) is 57.7. The molecular formula is C79H79Cl5N12O25. The van der Waals surface area contributed by atoms with Gasteiger partial charge in [0.05, 0.1) is 178 Å². The number of Topliss-reactive ketones (excluding diaryl/α,β-unsaturated/α-hetero) is 2. The molecule has 0 aliphatic carbocycles. The number of hydrogen-bond donors (Lipinski definition) is 9. The Hall–Kier alpha value is -13.4. The van der Waals surface area contributed by atoms with Crippen molar-refractivity contribution in [1.29, 1.82) is 0 Å². The van der Waals surface area contributed by atoms with E-state index in [4.69, 9.17) is 99.1 Å². The van der Waals surface area contributed by atoms with Gasteiger partial charge in [-0.15, -0.1) is 0 Å². The van der Waals surface area contributed by atoms with Gasteiger partial charge in [0.1, 0.15) is 10.6 Å². The summed E-state index contributed by atoms with van der Waals surface area (Å²) in [6.07, 6.45) is 5.59. The molecule has 2 aliphatic heterocycles. The molecule has 6 aromatic carbocycles.